The highest BCUT2D eigenvalue weighted by atomic mass is 32.2. The van der Waals surface area contributed by atoms with Gasteiger partial charge in [0.25, 0.3) is 0 Å². The SMILES string of the molecule is CCOC(=O)C1=C(CSc2nnc(N3CCOCC3)n2-c2ccc(C)cc2)NC(=O)NC1. The minimum absolute atomic E-state index is 0.129. The average Bonchev–Trinajstić information content (AvgIpc) is 3.23. The van der Waals surface area contributed by atoms with Crippen LogP contribution in [0, 0.1) is 6.92 Å². The van der Waals surface area contributed by atoms with Crippen molar-refractivity contribution in [3.63, 3.8) is 0 Å². The summed E-state index contributed by atoms with van der Waals surface area (Å²) in [4.78, 5) is 26.3. The maximum atomic E-state index is 12.3. The summed E-state index contributed by atoms with van der Waals surface area (Å²) in [7, 11) is 0. The van der Waals surface area contributed by atoms with Crippen molar-refractivity contribution in [3.05, 3.63) is 41.1 Å². The molecular weight excluding hydrogens is 432 g/mol. The molecular formula is C21H26N6O4S. The predicted octanol–water partition coefficient (Wildman–Crippen LogP) is 1.63. The first-order valence-electron chi connectivity index (χ1n) is 10.5. The largest absolute Gasteiger partial charge is 0.463 e. The van der Waals surface area contributed by atoms with Gasteiger partial charge in [0, 0.05) is 24.5 Å². The topological polar surface area (TPSA) is 111 Å². The maximum Gasteiger partial charge on any atom is 0.337 e. The van der Waals surface area contributed by atoms with E-state index in [4.69, 9.17) is 9.47 Å². The van der Waals surface area contributed by atoms with Crippen LogP contribution in [0.3, 0.4) is 0 Å². The minimum Gasteiger partial charge on any atom is -0.463 e. The molecule has 2 aliphatic rings. The van der Waals surface area contributed by atoms with Crippen LogP contribution in [0.15, 0.2) is 40.7 Å². The lowest BCUT2D eigenvalue weighted by molar-refractivity contribution is -0.138. The fraction of sp³-hybridized carbons (Fsp3) is 0.429. The summed E-state index contributed by atoms with van der Waals surface area (Å²) >= 11 is 1.40. The number of aryl methyl sites for hydroxylation is 1. The van der Waals surface area contributed by atoms with Gasteiger partial charge in [-0.15, -0.1) is 10.2 Å². The number of carbonyl (C=O) groups is 2. The molecule has 0 radical (unpaired) electrons. The van der Waals surface area contributed by atoms with Gasteiger partial charge in [-0.25, -0.2) is 9.59 Å². The summed E-state index contributed by atoms with van der Waals surface area (Å²) in [5, 5.41) is 14.9. The number of rotatable bonds is 7. The molecule has 2 amide bonds. The van der Waals surface area contributed by atoms with Crippen molar-refractivity contribution < 1.29 is 19.1 Å². The Morgan fingerprint density at radius 3 is 2.69 bits per heavy atom. The fourth-order valence-corrected chi connectivity index (χ4v) is 4.38. The number of anilines is 1. The van der Waals surface area contributed by atoms with Gasteiger partial charge in [0.1, 0.15) is 0 Å². The van der Waals surface area contributed by atoms with E-state index in [2.05, 4.69) is 25.7 Å². The smallest absolute Gasteiger partial charge is 0.337 e. The number of nitrogens with zero attached hydrogens (tertiary/aromatic N) is 4. The Morgan fingerprint density at radius 2 is 1.97 bits per heavy atom. The van der Waals surface area contributed by atoms with E-state index in [1.54, 1.807) is 6.92 Å². The number of hydrogen-bond donors (Lipinski definition) is 2. The first-order valence-corrected chi connectivity index (χ1v) is 11.5. The summed E-state index contributed by atoms with van der Waals surface area (Å²) in [5.41, 5.74) is 3.03. The van der Waals surface area contributed by atoms with Gasteiger partial charge >= 0.3 is 12.0 Å². The number of amides is 2. The molecule has 1 aromatic carbocycles. The molecule has 11 heteroatoms. The van der Waals surface area contributed by atoms with E-state index in [-0.39, 0.29) is 19.2 Å². The van der Waals surface area contributed by atoms with Crippen LogP contribution in [0.2, 0.25) is 0 Å². The standard InChI is InChI=1S/C21H26N6O4S/c1-3-31-18(28)16-12-22-19(29)23-17(16)13-32-21-25-24-20(26-8-10-30-11-9-26)27(21)15-6-4-14(2)5-7-15/h4-7H,3,8-13H2,1-2H3,(H2,22,23,29). The zero-order chi connectivity index (χ0) is 22.5. The molecule has 0 atom stereocenters. The number of thioether (sulfide) groups is 1. The molecule has 2 N–H and O–H groups in total. The first-order chi connectivity index (χ1) is 15.6. The van der Waals surface area contributed by atoms with Gasteiger partial charge in [0.15, 0.2) is 5.16 Å². The Bertz CT molecular complexity index is 1010. The van der Waals surface area contributed by atoms with Gasteiger partial charge in [-0.05, 0) is 26.0 Å². The highest BCUT2D eigenvalue weighted by molar-refractivity contribution is 7.99. The Kier molecular flexibility index (Phi) is 6.96. The van der Waals surface area contributed by atoms with E-state index < -0.39 is 5.97 Å². The highest BCUT2D eigenvalue weighted by Crippen LogP contribution is 2.29. The van der Waals surface area contributed by atoms with Crippen LogP contribution in [0.1, 0.15) is 12.5 Å². The average molecular weight is 459 g/mol. The molecule has 1 fully saturated rings. The molecule has 170 valence electrons. The van der Waals surface area contributed by atoms with E-state index in [1.165, 1.54) is 11.8 Å². The Hall–Kier alpha value is -3.05. The molecule has 0 unspecified atom stereocenters. The third-order valence-electron chi connectivity index (χ3n) is 5.12. The third kappa shape index (κ3) is 4.89. The monoisotopic (exact) mass is 458 g/mol. The summed E-state index contributed by atoms with van der Waals surface area (Å²) in [6.07, 6.45) is 0. The molecule has 0 spiro atoms. The van der Waals surface area contributed by atoms with Crippen LogP contribution in [-0.2, 0) is 14.3 Å². The molecule has 2 aromatic rings. The van der Waals surface area contributed by atoms with E-state index in [0.717, 1.165) is 30.3 Å². The van der Waals surface area contributed by atoms with Crippen LogP contribution in [0.4, 0.5) is 10.7 Å². The second kappa shape index (κ2) is 10.0. The van der Waals surface area contributed by atoms with Crippen LogP contribution < -0.4 is 15.5 Å². The Morgan fingerprint density at radius 1 is 1.22 bits per heavy atom. The number of aromatic nitrogens is 3. The summed E-state index contributed by atoms with van der Waals surface area (Å²) < 4.78 is 12.6. The number of nitrogens with one attached hydrogen (secondary N) is 2. The number of morpholine rings is 1. The van der Waals surface area contributed by atoms with E-state index in [9.17, 15) is 9.59 Å². The quantitative estimate of drug-likeness (QED) is 0.476. The van der Waals surface area contributed by atoms with Gasteiger partial charge in [-0.3, -0.25) is 4.57 Å². The van der Waals surface area contributed by atoms with Gasteiger partial charge in [0.05, 0.1) is 37.6 Å². The van der Waals surface area contributed by atoms with E-state index in [0.29, 0.717) is 35.4 Å². The molecule has 0 saturated carbocycles. The van der Waals surface area contributed by atoms with Crippen LogP contribution in [0.5, 0.6) is 0 Å². The van der Waals surface area contributed by atoms with Gasteiger partial charge in [-0.1, -0.05) is 29.5 Å². The van der Waals surface area contributed by atoms with Crippen LogP contribution >= 0.6 is 11.8 Å². The molecule has 2 aliphatic heterocycles. The van der Waals surface area contributed by atoms with Gasteiger partial charge in [-0.2, -0.15) is 0 Å². The number of ether oxygens (including phenoxy) is 2. The first kappa shape index (κ1) is 22.2. The molecule has 4 rings (SSSR count). The fourth-order valence-electron chi connectivity index (χ4n) is 3.45. The van der Waals surface area contributed by atoms with Crippen molar-refractivity contribution in [2.24, 2.45) is 0 Å². The van der Waals surface area contributed by atoms with E-state index >= 15 is 0 Å². The number of carbonyl (C=O) groups excluding carboxylic acids is 2. The van der Waals surface area contributed by atoms with E-state index in [1.807, 2.05) is 35.8 Å². The van der Waals surface area contributed by atoms with Gasteiger partial charge in [0.2, 0.25) is 5.95 Å². The van der Waals surface area contributed by atoms with Crippen molar-refractivity contribution in [2.75, 3.05) is 50.1 Å². The van der Waals surface area contributed by atoms with Gasteiger partial charge < -0.3 is 25.0 Å². The molecule has 1 saturated heterocycles. The van der Waals surface area contributed by atoms with Crippen molar-refractivity contribution in [1.29, 1.82) is 0 Å². The lowest BCUT2D eigenvalue weighted by Gasteiger charge is -2.28. The predicted molar refractivity (Wildman–Crippen MR) is 120 cm³/mol. The Balaban J connectivity index is 1.64. The minimum atomic E-state index is -0.440. The van der Waals surface area contributed by atoms with Crippen LogP contribution in [0.25, 0.3) is 5.69 Å². The zero-order valence-corrected chi connectivity index (χ0v) is 18.9. The lowest BCUT2D eigenvalue weighted by atomic mass is 10.2. The molecule has 1 aromatic heterocycles. The molecule has 0 aliphatic carbocycles. The number of benzene rings is 1. The second-order valence-corrected chi connectivity index (χ2v) is 8.27. The van der Waals surface area contributed by atoms with Crippen molar-refractivity contribution >= 4 is 29.7 Å². The highest BCUT2D eigenvalue weighted by Gasteiger charge is 2.26. The Labute approximate surface area is 190 Å². The van der Waals surface area contributed by atoms with Crippen LogP contribution in [-0.4, -0.2) is 72.0 Å². The molecule has 32 heavy (non-hydrogen) atoms. The normalized spacial score (nSPS) is 16.6. The third-order valence-corrected chi connectivity index (χ3v) is 6.08. The number of hydrogen-bond acceptors (Lipinski definition) is 8. The number of urea groups is 1. The van der Waals surface area contributed by atoms with Crippen molar-refractivity contribution in [3.8, 4) is 5.69 Å². The van der Waals surface area contributed by atoms with Crippen molar-refractivity contribution in [1.82, 2.24) is 25.4 Å². The summed E-state index contributed by atoms with van der Waals surface area (Å²) in [6.45, 7) is 6.92. The molecule has 10 nitrogen and oxygen atoms in total. The second-order valence-electron chi connectivity index (χ2n) is 7.33. The molecule has 0 bridgehead atoms. The molecule has 3 heterocycles. The maximum absolute atomic E-state index is 12.3. The van der Waals surface area contributed by atoms with Crippen molar-refractivity contribution in [2.45, 2.75) is 19.0 Å². The summed E-state index contributed by atoms with van der Waals surface area (Å²) in [5.74, 6) is 0.646. The summed E-state index contributed by atoms with van der Waals surface area (Å²) in [6, 6.07) is 7.80. The zero-order valence-electron chi connectivity index (χ0n) is 18.1. The number of esters is 1. The lowest BCUT2D eigenvalue weighted by Crippen LogP contribution is -2.44.